The van der Waals surface area contributed by atoms with Gasteiger partial charge in [0.05, 0.1) is 13.2 Å². The molecule has 1 fully saturated rings. The second-order valence-corrected chi connectivity index (χ2v) is 7.38. The number of hydrogen-bond acceptors (Lipinski definition) is 3. The van der Waals surface area contributed by atoms with E-state index in [2.05, 4.69) is 6.07 Å². The van der Waals surface area contributed by atoms with E-state index in [1.807, 2.05) is 48.5 Å². The molecule has 5 heteroatoms. The molecule has 4 rings (SSSR count). The van der Waals surface area contributed by atoms with E-state index < -0.39 is 12.0 Å². The first-order valence-corrected chi connectivity index (χ1v) is 9.93. The Morgan fingerprint density at radius 2 is 1.63 bits per heavy atom. The van der Waals surface area contributed by atoms with Crippen molar-refractivity contribution >= 4 is 11.9 Å². The second-order valence-electron chi connectivity index (χ2n) is 7.38. The summed E-state index contributed by atoms with van der Waals surface area (Å²) in [6.07, 6.45) is 1.02. The van der Waals surface area contributed by atoms with E-state index >= 15 is 0 Å². The fourth-order valence-corrected chi connectivity index (χ4v) is 4.13. The minimum atomic E-state index is -0.979. The molecular formula is C25H23NO4. The summed E-state index contributed by atoms with van der Waals surface area (Å²) in [7, 11) is 1.54. The molecule has 0 spiro atoms. The van der Waals surface area contributed by atoms with Crippen molar-refractivity contribution in [2.75, 3.05) is 7.11 Å². The van der Waals surface area contributed by atoms with E-state index in [1.165, 1.54) is 12.0 Å². The van der Waals surface area contributed by atoms with Crippen molar-refractivity contribution in [2.45, 2.75) is 24.9 Å². The predicted molar refractivity (Wildman–Crippen MR) is 114 cm³/mol. The lowest BCUT2D eigenvalue weighted by Crippen LogP contribution is -2.41. The molecule has 5 nitrogen and oxygen atoms in total. The third-order valence-corrected chi connectivity index (χ3v) is 5.60. The first-order valence-electron chi connectivity index (χ1n) is 9.93. The summed E-state index contributed by atoms with van der Waals surface area (Å²) >= 11 is 0. The molecule has 3 aromatic rings. The number of carboxylic acid groups (broad SMARTS) is 1. The van der Waals surface area contributed by atoms with Gasteiger partial charge in [0.1, 0.15) is 11.8 Å². The molecule has 1 aliphatic heterocycles. The van der Waals surface area contributed by atoms with Gasteiger partial charge in [-0.15, -0.1) is 0 Å². The molecule has 2 atom stereocenters. The van der Waals surface area contributed by atoms with Gasteiger partial charge < -0.3 is 14.7 Å². The minimum Gasteiger partial charge on any atom is -0.497 e. The Morgan fingerprint density at radius 1 is 0.900 bits per heavy atom. The molecular weight excluding hydrogens is 378 g/mol. The molecule has 0 aliphatic carbocycles. The topological polar surface area (TPSA) is 66.8 Å². The molecule has 0 aromatic heterocycles. The lowest BCUT2D eigenvalue weighted by molar-refractivity contribution is -0.141. The molecule has 1 aliphatic rings. The van der Waals surface area contributed by atoms with Gasteiger partial charge in [-0.25, -0.2) is 4.79 Å². The van der Waals surface area contributed by atoms with Crippen LogP contribution >= 0.6 is 0 Å². The molecule has 3 aromatic carbocycles. The molecule has 1 saturated heterocycles. The van der Waals surface area contributed by atoms with E-state index in [4.69, 9.17) is 4.74 Å². The third kappa shape index (κ3) is 3.79. The first kappa shape index (κ1) is 19.7. The summed E-state index contributed by atoms with van der Waals surface area (Å²) in [6.45, 7) is 0. The maximum absolute atomic E-state index is 13.4. The highest BCUT2D eigenvalue weighted by molar-refractivity contribution is 5.97. The Labute approximate surface area is 175 Å². The van der Waals surface area contributed by atoms with Crippen molar-refractivity contribution in [1.82, 2.24) is 4.90 Å². The van der Waals surface area contributed by atoms with Crippen LogP contribution in [0.5, 0.6) is 5.75 Å². The number of rotatable bonds is 5. The Hall–Kier alpha value is -3.60. The highest BCUT2D eigenvalue weighted by atomic mass is 16.5. The molecule has 0 radical (unpaired) electrons. The lowest BCUT2D eigenvalue weighted by atomic mass is 9.98. The van der Waals surface area contributed by atoms with Crippen LogP contribution in [0.1, 0.15) is 34.8 Å². The molecule has 30 heavy (non-hydrogen) atoms. The number of methoxy groups -OCH3 is 1. The van der Waals surface area contributed by atoms with E-state index in [0.717, 1.165) is 16.7 Å². The van der Waals surface area contributed by atoms with Crippen LogP contribution in [0.2, 0.25) is 0 Å². The van der Waals surface area contributed by atoms with E-state index in [-0.39, 0.29) is 11.9 Å². The summed E-state index contributed by atoms with van der Waals surface area (Å²) in [4.78, 5) is 26.8. The van der Waals surface area contributed by atoms with E-state index in [0.29, 0.717) is 24.2 Å². The Balaban J connectivity index is 1.72. The number of ether oxygens (including phenoxy) is 1. The van der Waals surface area contributed by atoms with Crippen LogP contribution in [-0.4, -0.2) is 35.0 Å². The van der Waals surface area contributed by atoms with Crippen LogP contribution < -0.4 is 4.74 Å². The van der Waals surface area contributed by atoms with Gasteiger partial charge >= 0.3 is 5.97 Å². The van der Waals surface area contributed by atoms with E-state index in [9.17, 15) is 14.7 Å². The molecule has 1 unspecified atom stereocenters. The summed E-state index contributed by atoms with van der Waals surface area (Å²) in [5.74, 6) is -0.712. The van der Waals surface area contributed by atoms with Crippen molar-refractivity contribution in [3.8, 4) is 16.9 Å². The van der Waals surface area contributed by atoms with Gasteiger partial charge in [-0.1, -0.05) is 54.6 Å². The van der Waals surface area contributed by atoms with Crippen LogP contribution in [-0.2, 0) is 4.79 Å². The highest BCUT2D eigenvalue weighted by Crippen LogP contribution is 2.39. The molecule has 1 N–H and O–H groups in total. The van der Waals surface area contributed by atoms with E-state index in [1.54, 1.807) is 24.3 Å². The SMILES string of the molecule is COc1cccc(C(=O)N2C(c3cccc(-c4ccccc4)c3)CC[C@H]2C(=O)O)c1. The maximum atomic E-state index is 13.4. The van der Waals surface area contributed by atoms with Crippen molar-refractivity contribution in [3.05, 3.63) is 90.0 Å². The van der Waals surface area contributed by atoms with Gasteiger partial charge in [-0.05, 0) is 53.8 Å². The summed E-state index contributed by atoms with van der Waals surface area (Å²) in [6, 6.07) is 23.7. The highest BCUT2D eigenvalue weighted by Gasteiger charge is 2.42. The number of nitrogens with zero attached hydrogens (tertiary/aromatic N) is 1. The number of hydrogen-bond donors (Lipinski definition) is 1. The van der Waals surface area contributed by atoms with Crippen LogP contribution in [0.15, 0.2) is 78.9 Å². The zero-order valence-corrected chi connectivity index (χ0v) is 16.7. The number of benzene rings is 3. The van der Waals surface area contributed by atoms with Gasteiger partial charge in [0.15, 0.2) is 0 Å². The van der Waals surface area contributed by atoms with Gasteiger partial charge in [-0.3, -0.25) is 4.79 Å². The van der Waals surface area contributed by atoms with Crippen molar-refractivity contribution < 1.29 is 19.4 Å². The average Bonchev–Trinajstić information content (AvgIpc) is 3.25. The van der Waals surface area contributed by atoms with Crippen LogP contribution in [0.4, 0.5) is 0 Å². The fourth-order valence-electron chi connectivity index (χ4n) is 4.13. The van der Waals surface area contributed by atoms with Crippen LogP contribution in [0.25, 0.3) is 11.1 Å². The number of amides is 1. The van der Waals surface area contributed by atoms with Gasteiger partial charge in [0, 0.05) is 5.56 Å². The molecule has 1 heterocycles. The summed E-state index contributed by atoms with van der Waals surface area (Å²) in [5, 5.41) is 9.76. The zero-order valence-electron chi connectivity index (χ0n) is 16.7. The van der Waals surface area contributed by atoms with Gasteiger partial charge in [0.2, 0.25) is 0 Å². The van der Waals surface area contributed by atoms with Crippen LogP contribution in [0, 0.1) is 0 Å². The minimum absolute atomic E-state index is 0.297. The number of likely N-dealkylation sites (tertiary alicyclic amines) is 1. The van der Waals surface area contributed by atoms with Crippen molar-refractivity contribution in [3.63, 3.8) is 0 Å². The first-order chi connectivity index (χ1) is 14.6. The summed E-state index contributed by atoms with van der Waals surface area (Å²) in [5.41, 5.74) is 3.49. The zero-order chi connectivity index (χ0) is 21.1. The lowest BCUT2D eigenvalue weighted by Gasteiger charge is -2.29. The largest absolute Gasteiger partial charge is 0.497 e. The summed E-state index contributed by atoms with van der Waals surface area (Å²) < 4.78 is 5.23. The monoisotopic (exact) mass is 401 g/mol. The number of aliphatic carboxylic acids is 1. The Kier molecular flexibility index (Phi) is 5.53. The van der Waals surface area contributed by atoms with Gasteiger partial charge in [0.25, 0.3) is 5.91 Å². The third-order valence-electron chi connectivity index (χ3n) is 5.60. The predicted octanol–water partition coefficient (Wildman–Crippen LogP) is 4.79. The average molecular weight is 401 g/mol. The fraction of sp³-hybridized carbons (Fsp3) is 0.200. The molecule has 0 bridgehead atoms. The standard InChI is InChI=1S/C25H23NO4/c1-30-21-12-6-11-20(16-21)24(27)26-22(13-14-23(26)25(28)29)19-10-5-9-18(15-19)17-7-3-2-4-8-17/h2-12,15-16,22-23H,13-14H2,1H3,(H,28,29)/t22?,23-/m0/s1. The van der Waals surface area contributed by atoms with Crippen molar-refractivity contribution in [2.24, 2.45) is 0 Å². The normalized spacial score (nSPS) is 18.2. The molecule has 152 valence electrons. The molecule has 0 saturated carbocycles. The molecule has 1 amide bonds. The Bertz CT molecular complexity index is 1060. The number of carbonyl (C=O) groups is 2. The Morgan fingerprint density at radius 3 is 2.37 bits per heavy atom. The second kappa shape index (κ2) is 8.41. The van der Waals surface area contributed by atoms with Crippen LogP contribution in [0.3, 0.4) is 0 Å². The number of carboxylic acids is 1. The van der Waals surface area contributed by atoms with Gasteiger partial charge in [-0.2, -0.15) is 0 Å². The van der Waals surface area contributed by atoms with Crippen molar-refractivity contribution in [1.29, 1.82) is 0 Å². The maximum Gasteiger partial charge on any atom is 0.326 e. The quantitative estimate of drug-likeness (QED) is 0.667. The smallest absolute Gasteiger partial charge is 0.326 e. The number of carbonyl (C=O) groups excluding carboxylic acids is 1.